The molecule has 0 amide bonds. The molecule has 2 aromatic rings. The standard InChI is InChI=1S/C13H15ClN2O/c1-3-16-9(2)15-11(13(16)14)12(17)10-7-5-4-6-8-10/h4-8,12,17H,3H2,1-2H3. The van der Waals surface area contributed by atoms with Crippen LogP contribution in [0.25, 0.3) is 0 Å². The van der Waals surface area contributed by atoms with Crippen molar-refractivity contribution < 1.29 is 5.11 Å². The van der Waals surface area contributed by atoms with Gasteiger partial charge in [-0.3, -0.25) is 0 Å². The molecule has 0 bridgehead atoms. The minimum absolute atomic E-state index is 0.515. The third-order valence-corrected chi connectivity index (χ3v) is 3.21. The van der Waals surface area contributed by atoms with E-state index in [-0.39, 0.29) is 0 Å². The molecule has 0 spiro atoms. The van der Waals surface area contributed by atoms with Crippen molar-refractivity contribution in [3.8, 4) is 0 Å². The quantitative estimate of drug-likeness (QED) is 0.910. The van der Waals surface area contributed by atoms with Crippen LogP contribution in [-0.4, -0.2) is 14.7 Å². The van der Waals surface area contributed by atoms with Crippen molar-refractivity contribution in [3.63, 3.8) is 0 Å². The molecule has 1 atom stereocenters. The number of hydrogen-bond acceptors (Lipinski definition) is 2. The summed E-state index contributed by atoms with van der Waals surface area (Å²) in [4.78, 5) is 4.34. The highest BCUT2D eigenvalue weighted by atomic mass is 35.5. The number of aliphatic hydroxyl groups is 1. The highest BCUT2D eigenvalue weighted by Crippen LogP contribution is 2.28. The number of aromatic nitrogens is 2. The fourth-order valence-corrected chi connectivity index (χ4v) is 2.28. The molecule has 2 rings (SSSR count). The van der Waals surface area contributed by atoms with E-state index in [4.69, 9.17) is 11.6 Å². The number of aryl methyl sites for hydroxylation is 1. The Bertz CT molecular complexity index is 508. The van der Waals surface area contributed by atoms with Crippen LogP contribution < -0.4 is 0 Å². The molecule has 17 heavy (non-hydrogen) atoms. The number of hydrogen-bond donors (Lipinski definition) is 1. The summed E-state index contributed by atoms with van der Waals surface area (Å²) in [6, 6.07) is 9.41. The van der Waals surface area contributed by atoms with E-state index in [0.717, 1.165) is 17.9 Å². The van der Waals surface area contributed by atoms with Crippen molar-refractivity contribution in [1.82, 2.24) is 9.55 Å². The highest BCUT2D eigenvalue weighted by molar-refractivity contribution is 6.30. The van der Waals surface area contributed by atoms with Gasteiger partial charge in [-0.15, -0.1) is 0 Å². The lowest BCUT2D eigenvalue weighted by molar-refractivity contribution is 0.216. The topological polar surface area (TPSA) is 38.0 Å². The first-order chi connectivity index (χ1) is 8.15. The molecule has 3 nitrogen and oxygen atoms in total. The van der Waals surface area contributed by atoms with Crippen LogP contribution in [0.1, 0.15) is 30.1 Å². The van der Waals surface area contributed by atoms with E-state index in [1.54, 1.807) is 0 Å². The first-order valence-corrected chi connectivity index (χ1v) is 5.98. The molecule has 1 heterocycles. The molecule has 1 aromatic carbocycles. The molecule has 0 aliphatic heterocycles. The normalized spacial score (nSPS) is 12.7. The zero-order chi connectivity index (χ0) is 12.4. The second-order valence-electron chi connectivity index (χ2n) is 3.89. The lowest BCUT2D eigenvalue weighted by Gasteiger charge is -2.09. The minimum Gasteiger partial charge on any atom is -0.382 e. The monoisotopic (exact) mass is 250 g/mol. The predicted molar refractivity (Wildman–Crippen MR) is 68.2 cm³/mol. The summed E-state index contributed by atoms with van der Waals surface area (Å²) >= 11 is 6.21. The van der Waals surface area contributed by atoms with Gasteiger partial charge in [0.25, 0.3) is 0 Å². The van der Waals surface area contributed by atoms with Crippen LogP contribution in [-0.2, 0) is 6.54 Å². The number of nitrogens with zero attached hydrogens (tertiary/aromatic N) is 2. The maximum absolute atomic E-state index is 10.2. The molecule has 0 aliphatic rings. The molecule has 1 aromatic heterocycles. The molecule has 4 heteroatoms. The van der Waals surface area contributed by atoms with E-state index in [0.29, 0.717) is 10.8 Å². The van der Waals surface area contributed by atoms with Crippen LogP contribution in [0.4, 0.5) is 0 Å². The van der Waals surface area contributed by atoms with Gasteiger partial charge in [0.1, 0.15) is 22.8 Å². The lowest BCUT2D eigenvalue weighted by Crippen LogP contribution is -2.01. The van der Waals surface area contributed by atoms with Gasteiger partial charge in [-0.1, -0.05) is 41.9 Å². The van der Waals surface area contributed by atoms with Gasteiger partial charge < -0.3 is 9.67 Å². The third kappa shape index (κ3) is 2.21. The first-order valence-electron chi connectivity index (χ1n) is 5.60. The first kappa shape index (κ1) is 12.1. The van der Waals surface area contributed by atoms with Gasteiger partial charge in [-0.05, 0) is 19.4 Å². The molecule has 0 radical (unpaired) electrons. The van der Waals surface area contributed by atoms with Crippen LogP contribution in [0.3, 0.4) is 0 Å². The number of halogens is 1. The Morgan fingerprint density at radius 3 is 2.53 bits per heavy atom. The van der Waals surface area contributed by atoms with Crippen molar-refractivity contribution >= 4 is 11.6 Å². The van der Waals surface area contributed by atoms with Crippen molar-refractivity contribution in [2.75, 3.05) is 0 Å². The largest absolute Gasteiger partial charge is 0.382 e. The summed E-state index contributed by atoms with van der Waals surface area (Å²) in [6.07, 6.45) is -0.768. The summed E-state index contributed by atoms with van der Waals surface area (Å²) in [5, 5.41) is 10.8. The summed E-state index contributed by atoms with van der Waals surface area (Å²) in [6.45, 7) is 4.63. The lowest BCUT2D eigenvalue weighted by atomic mass is 10.1. The Kier molecular flexibility index (Phi) is 3.50. The molecular formula is C13H15ClN2O. The van der Waals surface area contributed by atoms with Gasteiger partial charge in [-0.2, -0.15) is 0 Å². The molecule has 0 saturated heterocycles. The smallest absolute Gasteiger partial charge is 0.135 e. The van der Waals surface area contributed by atoms with Crippen LogP contribution in [0.15, 0.2) is 30.3 Å². The molecule has 0 aliphatic carbocycles. The Morgan fingerprint density at radius 2 is 2.00 bits per heavy atom. The summed E-state index contributed by atoms with van der Waals surface area (Å²) in [5.74, 6) is 0.822. The fourth-order valence-electron chi connectivity index (χ4n) is 1.90. The average Bonchev–Trinajstić information content (AvgIpc) is 2.64. The fraction of sp³-hybridized carbons (Fsp3) is 0.308. The zero-order valence-electron chi connectivity index (χ0n) is 9.89. The summed E-state index contributed by atoms with van der Waals surface area (Å²) < 4.78 is 1.88. The Morgan fingerprint density at radius 1 is 1.35 bits per heavy atom. The van der Waals surface area contributed by atoms with Gasteiger partial charge in [-0.25, -0.2) is 4.98 Å². The maximum Gasteiger partial charge on any atom is 0.135 e. The van der Waals surface area contributed by atoms with Crippen molar-refractivity contribution in [3.05, 3.63) is 52.6 Å². The molecule has 90 valence electrons. The average molecular weight is 251 g/mol. The Balaban J connectivity index is 2.41. The number of benzene rings is 1. The highest BCUT2D eigenvalue weighted by Gasteiger charge is 2.20. The SMILES string of the molecule is CCn1c(C)nc(C(O)c2ccccc2)c1Cl. The van der Waals surface area contributed by atoms with E-state index < -0.39 is 6.10 Å². The van der Waals surface area contributed by atoms with E-state index in [1.807, 2.05) is 48.7 Å². The second-order valence-corrected chi connectivity index (χ2v) is 4.25. The van der Waals surface area contributed by atoms with E-state index in [2.05, 4.69) is 4.98 Å². The molecular weight excluding hydrogens is 236 g/mol. The van der Waals surface area contributed by atoms with Gasteiger partial charge in [0.15, 0.2) is 0 Å². The number of aliphatic hydroxyl groups excluding tert-OH is 1. The maximum atomic E-state index is 10.2. The van der Waals surface area contributed by atoms with Crippen molar-refractivity contribution in [1.29, 1.82) is 0 Å². The van der Waals surface area contributed by atoms with Crippen molar-refractivity contribution in [2.45, 2.75) is 26.5 Å². The Labute approximate surface area is 106 Å². The van der Waals surface area contributed by atoms with Gasteiger partial charge >= 0.3 is 0 Å². The predicted octanol–water partition coefficient (Wildman–Crippen LogP) is 2.95. The Hall–Kier alpha value is -1.32. The molecule has 1 N–H and O–H groups in total. The van der Waals surface area contributed by atoms with E-state index >= 15 is 0 Å². The van der Waals surface area contributed by atoms with Gasteiger partial charge in [0.2, 0.25) is 0 Å². The third-order valence-electron chi connectivity index (χ3n) is 2.81. The van der Waals surface area contributed by atoms with Crippen LogP contribution in [0, 0.1) is 6.92 Å². The van der Waals surface area contributed by atoms with Crippen molar-refractivity contribution in [2.24, 2.45) is 0 Å². The number of imidazole rings is 1. The molecule has 0 fully saturated rings. The van der Waals surface area contributed by atoms with Crippen LogP contribution >= 0.6 is 11.6 Å². The summed E-state index contributed by atoms with van der Waals surface area (Å²) in [7, 11) is 0. The van der Waals surface area contributed by atoms with Crippen LogP contribution in [0.2, 0.25) is 5.15 Å². The van der Waals surface area contributed by atoms with E-state index in [9.17, 15) is 5.11 Å². The van der Waals surface area contributed by atoms with Gasteiger partial charge in [0.05, 0.1) is 0 Å². The van der Waals surface area contributed by atoms with E-state index in [1.165, 1.54) is 0 Å². The molecule has 0 saturated carbocycles. The zero-order valence-corrected chi connectivity index (χ0v) is 10.6. The van der Waals surface area contributed by atoms with Gasteiger partial charge in [0, 0.05) is 6.54 Å². The summed E-state index contributed by atoms with van der Waals surface area (Å²) in [5.41, 5.74) is 1.33. The minimum atomic E-state index is -0.768. The second kappa shape index (κ2) is 4.90. The molecule has 1 unspecified atom stereocenters. The van der Waals surface area contributed by atoms with Crippen LogP contribution in [0.5, 0.6) is 0 Å². The number of rotatable bonds is 3.